The van der Waals surface area contributed by atoms with Gasteiger partial charge in [0, 0.05) is 13.1 Å². The highest BCUT2D eigenvalue weighted by Gasteiger charge is 2.27. The molecule has 3 rings (SSSR count). The van der Waals surface area contributed by atoms with Crippen molar-refractivity contribution >= 4 is 22.8 Å². The number of aryl methyl sites for hydroxylation is 2. The van der Waals surface area contributed by atoms with E-state index in [2.05, 4.69) is 28.5 Å². The third kappa shape index (κ3) is 2.46. The number of fused-ring (bicyclic) bond motifs is 1. The largest absolute Gasteiger partial charge is 0.308 e. The molecule has 1 saturated heterocycles. The maximum atomic E-state index is 6.41. The summed E-state index contributed by atoms with van der Waals surface area (Å²) in [6.07, 6.45) is 3.19. The number of hydrogen-bond donors (Lipinski definition) is 0. The van der Waals surface area contributed by atoms with Crippen LogP contribution < -0.4 is 0 Å². The maximum absolute atomic E-state index is 6.41. The normalized spacial score (nSPS) is 19.5. The molecule has 0 aliphatic carbocycles. The van der Waals surface area contributed by atoms with E-state index < -0.39 is 0 Å². The Bertz CT molecular complexity index is 634. The lowest BCUT2D eigenvalue weighted by Crippen LogP contribution is -2.32. The molecule has 0 bridgehead atoms. The van der Waals surface area contributed by atoms with Gasteiger partial charge in [-0.3, -0.25) is 4.68 Å². The molecule has 6 heteroatoms. The summed E-state index contributed by atoms with van der Waals surface area (Å²) in [5, 5.41) is 4.54. The van der Waals surface area contributed by atoms with Gasteiger partial charge in [-0.2, -0.15) is 5.10 Å². The second-order valence-electron chi connectivity index (χ2n) is 6.09. The van der Waals surface area contributed by atoms with Gasteiger partial charge >= 0.3 is 0 Å². The van der Waals surface area contributed by atoms with Crippen LogP contribution in [0.15, 0.2) is 0 Å². The lowest BCUT2D eigenvalue weighted by molar-refractivity contribution is 0.220. The molecule has 1 fully saturated rings. The van der Waals surface area contributed by atoms with Crippen molar-refractivity contribution in [1.82, 2.24) is 24.2 Å². The second kappa shape index (κ2) is 5.61. The fraction of sp³-hybridized carbons (Fsp3) is 0.733. The van der Waals surface area contributed by atoms with Crippen molar-refractivity contribution in [2.75, 3.05) is 20.1 Å². The van der Waals surface area contributed by atoms with Crippen molar-refractivity contribution in [2.24, 2.45) is 7.05 Å². The number of alkyl halides is 1. The minimum Gasteiger partial charge on any atom is -0.308 e. The number of nitrogens with zero attached hydrogens (tertiary/aromatic N) is 5. The third-order valence-electron chi connectivity index (χ3n) is 4.51. The molecule has 5 nitrogen and oxygen atoms in total. The first kappa shape index (κ1) is 14.9. The molecule has 0 aromatic carbocycles. The molecule has 0 saturated carbocycles. The van der Waals surface area contributed by atoms with E-state index in [0.717, 1.165) is 55.0 Å². The van der Waals surface area contributed by atoms with Crippen LogP contribution in [-0.4, -0.2) is 44.4 Å². The monoisotopic (exact) mass is 309 g/mol. The average Bonchev–Trinajstić information content (AvgIpc) is 2.98. The first-order chi connectivity index (χ1) is 10.0. The van der Waals surface area contributed by atoms with Crippen LogP contribution in [0.4, 0.5) is 0 Å². The summed E-state index contributed by atoms with van der Waals surface area (Å²) in [6.45, 7) is 6.38. The fourth-order valence-electron chi connectivity index (χ4n) is 3.35. The van der Waals surface area contributed by atoms with Crippen LogP contribution in [0.1, 0.15) is 49.6 Å². The second-order valence-corrected chi connectivity index (χ2v) is 6.74. The van der Waals surface area contributed by atoms with E-state index in [4.69, 9.17) is 16.6 Å². The summed E-state index contributed by atoms with van der Waals surface area (Å²) in [5.74, 6) is 0.990. The fourth-order valence-corrected chi connectivity index (χ4v) is 3.51. The zero-order valence-corrected chi connectivity index (χ0v) is 14.1. The molecule has 0 N–H and O–H groups in total. The van der Waals surface area contributed by atoms with Gasteiger partial charge in [0.25, 0.3) is 0 Å². The molecule has 1 atom stereocenters. The standard InChI is InChI=1S/C15H24ClN5/c1-5-12-13-15(20(4)18-12)21(14(17-13)10(2)16)11-6-8-19(3)9-7-11/h10-11H,5-9H2,1-4H3. The highest BCUT2D eigenvalue weighted by molar-refractivity contribution is 6.20. The van der Waals surface area contributed by atoms with Gasteiger partial charge in [0.1, 0.15) is 11.3 Å². The predicted molar refractivity (Wildman–Crippen MR) is 85.9 cm³/mol. The molecule has 0 radical (unpaired) electrons. The minimum absolute atomic E-state index is 0.0817. The van der Waals surface area contributed by atoms with Crippen LogP contribution in [0.25, 0.3) is 11.2 Å². The zero-order chi connectivity index (χ0) is 15.1. The first-order valence-corrected chi connectivity index (χ1v) is 8.22. The molecule has 2 aromatic heterocycles. The molecule has 1 unspecified atom stereocenters. The summed E-state index contributed by atoms with van der Waals surface area (Å²) in [7, 11) is 4.20. The van der Waals surface area contributed by atoms with E-state index in [1.54, 1.807) is 0 Å². The van der Waals surface area contributed by atoms with E-state index in [0.29, 0.717) is 6.04 Å². The Hall–Kier alpha value is -1.07. The zero-order valence-electron chi connectivity index (χ0n) is 13.3. The van der Waals surface area contributed by atoms with Crippen LogP contribution in [0, 0.1) is 0 Å². The molecular weight excluding hydrogens is 286 g/mol. The number of imidazole rings is 1. The van der Waals surface area contributed by atoms with Crippen molar-refractivity contribution < 1.29 is 0 Å². The molecule has 2 aromatic rings. The van der Waals surface area contributed by atoms with E-state index in [1.165, 1.54) is 0 Å². The number of hydrogen-bond acceptors (Lipinski definition) is 3. The quantitative estimate of drug-likeness (QED) is 0.818. The van der Waals surface area contributed by atoms with E-state index >= 15 is 0 Å². The summed E-state index contributed by atoms with van der Waals surface area (Å²) in [4.78, 5) is 7.22. The SMILES string of the molecule is CCc1nn(C)c2c1nc(C(C)Cl)n2C1CCN(C)CC1. The lowest BCUT2D eigenvalue weighted by atomic mass is 10.1. The van der Waals surface area contributed by atoms with E-state index in [9.17, 15) is 0 Å². The average molecular weight is 310 g/mol. The third-order valence-corrected chi connectivity index (χ3v) is 4.70. The van der Waals surface area contributed by atoms with Gasteiger partial charge < -0.3 is 9.47 Å². The van der Waals surface area contributed by atoms with Gasteiger partial charge in [0.15, 0.2) is 5.65 Å². The number of halogens is 1. The summed E-state index contributed by atoms with van der Waals surface area (Å²) in [5.41, 5.74) is 3.23. The van der Waals surface area contributed by atoms with Crippen LogP contribution in [-0.2, 0) is 13.5 Å². The minimum atomic E-state index is -0.0817. The first-order valence-electron chi connectivity index (χ1n) is 7.79. The summed E-state index contributed by atoms with van der Waals surface area (Å²) >= 11 is 6.41. The molecule has 116 valence electrons. The van der Waals surface area contributed by atoms with Crippen LogP contribution in [0.2, 0.25) is 0 Å². The summed E-state index contributed by atoms with van der Waals surface area (Å²) < 4.78 is 4.33. The topological polar surface area (TPSA) is 38.9 Å². The van der Waals surface area contributed by atoms with Crippen molar-refractivity contribution in [2.45, 2.75) is 44.5 Å². The van der Waals surface area contributed by atoms with Crippen molar-refractivity contribution in [3.05, 3.63) is 11.5 Å². The van der Waals surface area contributed by atoms with Gasteiger partial charge in [-0.05, 0) is 46.3 Å². The molecular formula is C15H24ClN5. The summed E-state index contributed by atoms with van der Waals surface area (Å²) in [6, 6.07) is 0.475. The van der Waals surface area contributed by atoms with Gasteiger partial charge in [-0.15, -0.1) is 11.6 Å². The highest BCUT2D eigenvalue weighted by atomic mass is 35.5. The molecule has 1 aliphatic heterocycles. The Balaban J connectivity index is 2.14. The van der Waals surface area contributed by atoms with E-state index in [1.807, 2.05) is 18.7 Å². The molecule has 3 heterocycles. The lowest BCUT2D eigenvalue weighted by Gasteiger charge is -2.31. The number of likely N-dealkylation sites (tertiary alicyclic amines) is 1. The number of aromatic nitrogens is 4. The molecule has 0 spiro atoms. The molecule has 1 aliphatic rings. The number of rotatable bonds is 3. The van der Waals surface area contributed by atoms with Crippen molar-refractivity contribution in [1.29, 1.82) is 0 Å². The maximum Gasteiger partial charge on any atom is 0.158 e. The van der Waals surface area contributed by atoms with Gasteiger partial charge in [-0.1, -0.05) is 6.92 Å². The molecule has 0 amide bonds. The van der Waals surface area contributed by atoms with Crippen LogP contribution in [0.3, 0.4) is 0 Å². The molecule has 21 heavy (non-hydrogen) atoms. The van der Waals surface area contributed by atoms with E-state index in [-0.39, 0.29) is 5.38 Å². The van der Waals surface area contributed by atoms with Gasteiger partial charge in [-0.25, -0.2) is 4.98 Å². The van der Waals surface area contributed by atoms with Crippen LogP contribution in [0.5, 0.6) is 0 Å². The Labute approximate surface area is 130 Å². The highest BCUT2D eigenvalue weighted by Crippen LogP contribution is 2.33. The Morgan fingerprint density at radius 2 is 1.95 bits per heavy atom. The Morgan fingerprint density at radius 3 is 2.52 bits per heavy atom. The predicted octanol–water partition coefficient (Wildman–Crippen LogP) is 2.90. The Morgan fingerprint density at radius 1 is 1.29 bits per heavy atom. The van der Waals surface area contributed by atoms with Gasteiger partial charge in [0.2, 0.25) is 0 Å². The number of piperidine rings is 1. The van der Waals surface area contributed by atoms with Crippen molar-refractivity contribution in [3.63, 3.8) is 0 Å². The van der Waals surface area contributed by atoms with Crippen molar-refractivity contribution in [3.8, 4) is 0 Å². The van der Waals surface area contributed by atoms with Crippen LogP contribution >= 0.6 is 11.6 Å². The smallest absolute Gasteiger partial charge is 0.158 e. The Kier molecular flexibility index (Phi) is 3.97. The van der Waals surface area contributed by atoms with Gasteiger partial charge in [0.05, 0.1) is 11.1 Å².